The van der Waals surface area contributed by atoms with E-state index in [2.05, 4.69) is 20.9 Å². The van der Waals surface area contributed by atoms with Gasteiger partial charge in [-0.3, -0.25) is 4.79 Å². The molecule has 0 saturated heterocycles. The zero-order chi connectivity index (χ0) is 9.42. The zero-order valence-electron chi connectivity index (χ0n) is 6.77. The van der Waals surface area contributed by atoms with Crippen molar-refractivity contribution in [2.75, 3.05) is 0 Å². The summed E-state index contributed by atoms with van der Waals surface area (Å²) < 4.78 is 0.765. The highest BCUT2D eigenvalue weighted by Crippen LogP contribution is 2.46. The Morgan fingerprint density at radius 1 is 1.62 bits per heavy atom. The van der Waals surface area contributed by atoms with Gasteiger partial charge in [0, 0.05) is 11.6 Å². The number of hydrogen-bond acceptors (Lipinski definition) is 2. The van der Waals surface area contributed by atoms with Gasteiger partial charge in [-0.15, -0.1) is 0 Å². The predicted octanol–water partition coefficient (Wildman–Crippen LogP) is 2.03. The van der Waals surface area contributed by atoms with E-state index in [0.717, 1.165) is 16.7 Å². The van der Waals surface area contributed by atoms with Crippen LogP contribution in [-0.2, 0) is 4.79 Å². The minimum atomic E-state index is -0.716. The van der Waals surface area contributed by atoms with Crippen molar-refractivity contribution in [1.29, 1.82) is 0 Å². The van der Waals surface area contributed by atoms with E-state index in [0.29, 0.717) is 0 Å². The van der Waals surface area contributed by atoms with Gasteiger partial charge in [-0.25, -0.2) is 4.98 Å². The van der Waals surface area contributed by atoms with E-state index in [1.54, 1.807) is 0 Å². The van der Waals surface area contributed by atoms with E-state index in [9.17, 15) is 4.79 Å². The van der Waals surface area contributed by atoms with Crippen molar-refractivity contribution in [1.82, 2.24) is 4.98 Å². The molecule has 2 unspecified atom stereocenters. The van der Waals surface area contributed by atoms with Crippen molar-refractivity contribution in [2.24, 2.45) is 5.92 Å². The van der Waals surface area contributed by atoms with Crippen molar-refractivity contribution < 1.29 is 9.90 Å². The molecule has 0 spiro atoms. The van der Waals surface area contributed by atoms with Gasteiger partial charge in [0.2, 0.25) is 0 Å². The van der Waals surface area contributed by atoms with Crippen LogP contribution in [0, 0.1) is 5.92 Å². The van der Waals surface area contributed by atoms with Gasteiger partial charge in [0.1, 0.15) is 4.60 Å². The van der Waals surface area contributed by atoms with Crippen molar-refractivity contribution in [3.8, 4) is 0 Å². The van der Waals surface area contributed by atoms with Crippen molar-refractivity contribution in [3.63, 3.8) is 0 Å². The molecule has 3 nitrogen and oxygen atoms in total. The van der Waals surface area contributed by atoms with E-state index in [1.807, 2.05) is 18.2 Å². The van der Waals surface area contributed by atoms with Gasteiger partial charge in [-0.05, 0) is 34.5 Å². The molecule has 0 bridgehead atoms. The monoisotopic (exact) mass is 241 g/mol. The maximum Gasteiger partial charge on any atom is 0.307 e. The van der Waals surface area contributed by atoms with E-state index >= 15 is 0 Å². The minimum Gasteiger partial charge on any atom is -0.481 e. The molecular weight excluding hydrogens is 234 g/mol. The van der Waals surface area contributed by atoms with Crippen LogP contribution in [0.4, 0.5) is 0 Å². The van der Waals surface area contributed by atoms with Crippen molar-refractivity contribution in [3.05, 3.63) is 28.5 Å². The second-order valence-corrected chi connectivity index (χ2v) is 3.98. The number of hydrogen-bond donors (Lipinski definition) is 1. The summed E-state index contributed by atoms with van der Waals surface area (Å²) in [6, 6.07) is 5.59. The Morgan fingerprint density at radius 3 is 2.92 bits per heavy atom. The Labute approximate surface area is 83.9 Å². The number of aromatic nitrogens is 1. The van der Waals surface area contributed by atoms with Gasteiger partial charge in [0.05, 0.1) is 5.92 Å². The van der Waals surface area contributed by atoms with Crippen LogP contribution in [0.25, 0.3) is 0 Å². The van der Waals surface area contributed by atoms with Gasteiger partial charge in [0.15, 0.2) is 0 Å². The molecule has 4 heteroatoms. The van der Waals surface area contributed by atoms with Gasteiger partial charge < -0.3 is 5.11 Å². The van der Waals surface area contributed by atoms with E-state index in [-0.39, 0.29) is 11.8 Å². The normalized spacial score (nSPS) is 25.6. The Kier molecular flexibility index (Phi) is 2.07. The number of pyridine rings is 1. The summed E-state index contributed by atoms with van der Waals surface area (Å²) in [5.74, 6) is -0.816. The third-order valence-corrected chi connectivity index (χ3v) is 2.67. The fraction of sp³-hybridized carbons (Fsp3) is 0.333. The Morgan fingerprint density at radius 2 is 2.38 bits per heavy atom. The van der Waals surface area contributed by atoms with Crippen LogP contribution in [0.1, 0.15) is 18.0 Å². The maximum atomic E-state index is 10.6. The summed E-state index contributed by atoms with van der Waals surface area (Å²) in [6.07, 6.45) is 0.721. The van der Waals surface area contributed by atoms with E-state index < -0.39 is 5.97 Å². The van der Waals surface area contributed by atoms with Gasteiger partial charge in [-0.1, -0.05) is 6.07 Å². The smallest absolute Gasteiger partial charge is 0.307 e. The second kappa shape index (κ2) is 3.10. The van der Waals surface area contributed by atoms with Crippen molar-refractivity contribution >= 4 is 21.9 Å². The van der Waals surface area contributed by atoms with E-state index in [4.69, 9.17) is 5.11 Å². The highest BCUT2D eigenvalue weighted by Gasteiger charge is 2.45. The number of nitrogens with zero attached hydrogens (tertiary/aromatic N) is 1. The molecular formula is C9H8BrNO2. The summed E-state index contributed by atoms with van der Waals surface area (Å²) in [5.41, 5.74) is 0.877. The summed E-state index contributed by atoms with van der Waals surface area (Å²) in [7, 11) is 0. The first kappa shape index (κ1) is 8.69. The third kappa shape index (κ3) is 1.72. The molecule has 68 valence electrons. The number of rotatable bonds is 2. The molecule has 1 aromatic rings. The molecule has 13 heavy (non-hydrogen) atoms. The number of carboxylic acids is 1. The minimum absolute atomic E-state index is 0.120. The SMILES string of the molecule is O=C(O)C1CC1c1cccc(Br)n1. The summed E-state index contributed by atoms with van der Waals surface area (Å²) in [5, 5.41) is 8.71. The van der Waals surface area contributed by atoms with Crippen LogP contribution in [0.3, 0.4) is 0 Å². The topological polar surface area (TPSA) is 50.2 Å². The number of carboxylic acid groups (broad SMARTS) is 1. The zero-order valence-corrected chi connectivity index (χ0v) is 8.36. The van der Waals surface area contributed by atoms with Gasteiger partial charge in [-0.2, -0.15) is 0 Å². The average Bonchev–Trinajstić information content (AvgIpc) is 2.82. The highest BCUT2D eigenvalue weighted by atomic mass is 79.9. The summed E-state index contributed by atoms with van der Waals surface area (Å²) in [6.45, 7) is 0. The summed E-state index contributed by atoms with van der Waals surface area (Å²) >= 11 is 3.26. The fourth-order valence-electron chi connectivity index (χ4n) is 1.43. The molecule has 0 amide bonds. The Hall–Kier alpha value is -0.900. The first-order valence-corrected chi connectivity index (χ1v) is 4.83. The molecule has 1 saturated carbocycles. The molecule has 2 rings (SSSR count). The Balaban J connectivity index is 2.16. The first-order valence-electron chi connectivity index (χ1n) is 4.04. The number of aliphatic carboxylic acids is 1. The van der Waals surface area contributed by atoms with Crippen LogP contribution in [-0.4, -0.2) is 16.1 Å². The van der Waals surface area contributed by atoms with Crippen LogP contribution in [0.5, 0.6) is 0 Å². The molecule has 2 atom stereocenters. The summed E-state index contributed by atoms with van der Waals surface area (Å²) in [4.78, 5) is 14.8. The third-order valence-electron chi connectivity index (χ3n) is 2.22. The molecule has 1 aromatic heterocycles. The van der Waals surface area contributed by atoms with Gasteiger partial charge in [0.25, 0.3) is 0 Å². The largest absolute Gasteiger partial charge is 0.481 e. The molecule has 1 aliphatic rings. The average molecular weight is 242 g/mol. The van der Waals surface area contributed by atoms with Crippen LogP contribution < -0.4 is 0 Å². The lowest BCUT2D eigenvalue weighted by Crippen LogP contribution is -1.99. The maximum absolute atomic E-state index is 10.6. The second-order valence-electron chi connectivity index (χ2n) is 3.17. The predicted molar refractivity (Wildman–Crippen MR) is 50.4 cm³/mol. The lowest BCUT2D eigenvalue weighted by molar-refractivity contribution is -0.138. The molecule has 1 aliphatic carbocycles. The molecule has 1 heterocycles. The molecule has 0 aliphatic heterocycles. The lowest BCUT2D eigenvalue weighted by Gasteiger charge is -1.97. The number of carbonyl (C=O) groups is 1. The standard InChI is InChI=1S/C9H8BrNO2/c10-8-3-1-2-7(11-8)5-4-6(5)9(12)13/h1-3,5-6H,4H2,(H,12,13). The highest BCUT2D eigenvalue weighted by molar-refractivity contribution is 9.10. The van der Waals surface area contributed by atoms with Crippen LogP contribution in [0.15, 0.2) is 22.8 Å². The molecule has 0 radical (unpaired) electrons. The fourth-order valence-corrected chi connectivity index (χ4v) is 1.78. The van der Waals surface area contributed by atoms with Crippen molar-refractivity contribution in [2.45, 2.75) is 12.3 Å². The lowest BCUT2D eigenvalue weighted by atomic mass is 10.2. The van der Waals surface area contributed by atoms with Crippen LogP contribution >= 0.6 is 15.9 Å². The van der Waals surface area contributed by atoms with E-state index in [1.165, 1.54) is 0 Å². The Bertz CT molecular complexity index is 353. The van der Waals surface area contributed by atoms with Crippen LogP contribution in [0.2, 0.25) is 0 Å². The number of halogens is 1. The molecule has 0 aromatic carbocycles. The molecule has 1 fully saturated rings. The first-order chi connectivity index (χ1) is 6.18. The quantitative estimate of drug-likeness (QED) is 0.807. The molecule has 1 N–H and O–H groups in total. The van der Waals surface area contributed by atoms with Gasteiger partial charge >= 0.3 is 5.97 Å².